The Kier molecular flexibility index (Phi) is 3.03. The van der Waals surface area contributed by atoms with Crippen LogP contribution in [0.3, 0.4) is 0 Å². The highest BCUT2D eigenvalue weighted by Gasteiger charge is 2.06. The zero-order valence-electron chi connectivity index (χ0n) is 7.83. The van der Waals surface area contributed by atoms with Gasteiger partial charge in [-0.05, 0) is 30.2 Å². The van der Waals surface area contributed by atoms with Gasteiger partial charge in [-0.15, -0.1) is 0 Å². The minimum absolute atomic E-state index is 0.321. The molecular formula is C10H13NO2. The van der Waals surface area contributed by atoms with Gasteiger partial charge in [0.25, 0.3) is 0 Å². The Balaban J connectivity index is 3.08. The second-order valence-corrected chi connectivity index (χ2v) is 2.90. The molecule has 70 valence electrons. The number of carbonyl (C=O) groups is 1. The number of rotatable bonds is 2. The van der Waals surface area contributed by atoms with Crippen molar-refractivity contribution in [2.24, 2.45) is 5.73 Å². The van der Waals surface area contributed by atoms with Gasteiger partial charge in [0, 0.05) is 6.54 Å². The van der Waals surface area contributed by atoms with Gasteiger partial charge in [-0.1, -0.05) is 6.07 Å². The van der Waals surface area contributed by atoms with Crippen molar-refractivity contribution in [2.75, 3.05) is 7.11 Å². The van der Waals surface area contributed by atoms with Gasteiger partial charge < -0.3 is 10.5 Å². The topological polar surface area (TPSA) is 52.3 Å². The molecule has 3 nitrogen and oxygen atoms in total. The third kappa shape index (κ3) is 2.29. The minimum Gasteiger partial charge on any atom is -0.465 e. The Morgan fingerprint density at radius 1 is 1.46 bits per heavy atom. The molecule has 0 radical (unpaired) electrons. The van der Waals surface area contributed by atoms with E-state index in [-0.39, 0.29) is 5.97 Å². The summed E-state index contributed by atoms with van der Waals surface area (Å²) in [5.74, 6) is -0.321. The summed E-state index contributed by atoms with van der Waals surface area (Å²) in [6.07, 6.45) is 0. The first-order valence-electron chi connectivity index (χ1n) is 4.06. The van der Waals surface area contributed by atoms with E-state index in [0.29, 0.717) is 12.1 Å². The van der Waals surface area contributed by atoms with Crippen molar-refractivity contribution >= 4 is 5.97 Å². The number of hydrogen-bond acceptors (Lipinski definition) is 3. The van der Waals surface area contributed by atoms with Crippen LogP contribution in [0.1, 0.15) is 21.5 Å². The van der Waals surface area contributed by atoms with Crippen LogP contribution in [-0.4, -0.2) is 13.1 Å². The molecule has 0 amide bonds. The predicted octanol–water partition coefficient (Wildman–Crippen LogP) is 1.24. The Bertz CT molecular complexity index is 321. The molecule has 0 aliphatic heterocycles. The fraction of sp³-hybridized carbons (Fsp3) is 0.300. The molecule has 0 aliphatic rings. The number of nitrogens with two attached hydrogens (primary N) is 1. The second-order valence-electron chi connectivity index (χ2n) is 2.90. The quantitative estimate of drug-likeness (QED) is 0.695. The maximum absolute atomic E-state index is 11.2. The lowest BCUT2D eigenvalue weighted by Crippen LogP contribution is -2.04. The van der Waals surface area contributed by atoms with E-state index >= 15 is 0 Å². The van der Waals surface area contributed by atoms with Gasteiger partial charge in [-0.3, -0.25) is 0 Å². The van der Waals surface area contributed by atoms with Crippen LogP contribution in [0.2, 0.25) is 0 Å². The zero-order chi connectivity index (χ0) is 9.84. The van der Waals surface area contributed by atoms with Crippen molar-refractivity contribution in [3.05, 3.63) is 34.9 Å². The maximum Gasteiger partial charge on any atom is 0.337 e. The molecule has 0 fully saturated rings. The molecule has 0 heterocycles. The van der Waals surface area contributed by atoms with E-state index in [2.05, 4.69) is 4.74 Å². The van der Waals surface area contributed by atoms with Crippen LogP contribution in [-0.2, 0) is 11.3 Å². The maximum atomic E-state index is 11.2. The van der Waals surface area contributed by atoms with Crippen LogP contribution in [0.5, 0.6) is 0 Å². The van der Waals surface area contributed by atoms with Crippen LogP contribution in [0.15, 0.2) is 18.2 Å². The van der Waals surface area contributed by atoms with Crippen LogP contribution in [0.4, 0.5) is 0 Å². The first kappa shape index (κ1) is 9.74. The molecule has 0 spiro atoms. The fourth-order valence-corrected chi connectivity index (χ4v) is 1.22. The van der Waals surface area contributed by atoms with E-state index in [4.69, 9.17) is 5.73 Å². The largest absolute Gasteiger partial charge is 0.465 e. The van der Waals surface area contributed by atoms with Crippen molar-refractivity contribution in [3.63, 3.8) is 0 Å². The van der Waals surface area contributed by atoms with E-state index < -0.39 is 0 Å². The second kappa shape index (κ2) is 4.05. The molecule has 0 saturated heterocycles. The van der Waals surface area contributed by atoms with Crippen molar-refractivity contribution in [2.45, 2.75) is 13.5 Å². The Morgan fingerprint density at radius 3 is 2.69 bits per heavy atom. The fourth-order valence-electron chi connectivity index (χ4n) is 1.22. The summed E-state index contributed by atoms with van der Waals surface area (Å²) < 4.78 is 4.61. The zero-order valence-corrected chi connectivity index (χ0v) is 7.83. The lowest BCUT2D eigenvalue weighted by Gasteiger charge is -2.03. The number of hydrogen-bond donors (Lipinski definition) is 1. The normalized spacial score (nSPS) is 9.77. The van der Waals surface area contributed by atoms with Gasteiger partial charge in [0.1, 0.15) is 0 Å². The lowest BCUT2D eigenvalue weighted by molar-refractivity contribution is 0.0600. The van der Waals surface area contributed by atoms with E-state index in [1.165, 1.54) is 7.11 Å². The number of benzene rings is 1. The summed E-state index contributed by atoms with van der Waals surface area (Å²) in [6, 6.07) is 5.48. The van der Waals surface area contributed by atoms with Crippen molar-refractivity contribution < 1.29 is 9.53 Å². The van der Waals surface area contributed by atoms with Crippen molar-refractivity contribution in [1.29, 1.82) is 0 Å². The minimum atomic E-state index is -0.321. The molecule has 0 aliphatic carbocycles. The van der Waals surface area contributed by atoms with Gasteiger partial charge >= 0.3 is 5.97 Å². The average Bonchev–Trinajstić information content (AvgIpc) is 2.15. The van der Waals surface area contributed by atoms with Crippen molar-refractivity contribution in [3.8, 4) is 0 Å². The third-order valence-corrected chi connectivity index (χ3v) is 1.79. The molecule has 0 atom stereocenters. The Labute approximate surface area is 77.5 Å². The first-order valence-corrected chi connectivity index (χ1v) is 4.06. The predicted molar refractivity (Wildman–Crippen MR) is 50.4 cm³/mol. The molecule has 1 aromatic carbocycles. The molecule has 0 saturated carbocycles. The summed E-state index contributed by atoms with van der Waals surface area (Å²) in [7, 11) is 1.37. The van der Waals surface area contributed by atoms with E-state index in [1.807, 2.05) is 13.0 Å². The molecular weight excluding hydrogens is 166 g/mol. The molecule has 3 heteroatoms. The number of aryl methyl sites for hydroxylation is 1. The van der Waals surface area contributed by atoms with Gasteiger partial charge in [0.05, 0.1) is 12.7 Å². The molecule has 1 aromatic rings. The molecule has 0 bridgehead atoms. The highest BCUT2D eigenvalue weighted by molar-refractivity contribution is 5.89. The van der Waals surface area contributed by atoms with E-state index in [9.17, 15) is 4.79 Å². The first-order chi connectivity index (χ1) is 6.17. The molecule has 0 aromatic heterocycles. The number of ether oxygens (including phenoxy) is 1. The average molecular weight is 179 g/mol. The highest BCUT2D eigenvalue weighted by atomic mass is 16.5. The van der Waals surface area contributed by atoms with Crippen LogP contribution in [0.25, 0.3) is 0 Å². The van der Waals surface area contributed by atoms with Gasteiger partial charge in [-0.25, -0.2) is 4.79 Å². The van der Waals surface area contributed by atoms with Crippen LogP contribution >= 0.6 is 0 Å². The summed E-state index contributed by atoms with van der Waals surface area (Å²) in [5.41, 5.74) is 8.00. The van der Waals surface area contributed by atoms with E-state index in [0.717, 1.165) is 11.1 Å². The van der Waals surface area contributed by atoms with Crippen LogP contribution in [0, 0.1) is 6.92 Å². The SMILES string of the molecule is COC(=O)c1cc(C)cc(CN)c1. The van der Waals surface area contributed by atoms with Gasteiger partial charge in [0.15, 0.2) is 0 Å². The molecule has 2 N–H and O–H groups in total. The summed E-state index contributed by atoms with van der Waals surface area (Å²) in [4.78, 5) is 11.2. The molecule has 13 heavy (non-hydrogen) atoms. The number of methoxy groups -OCH3 is 1. The molecule has 0 unspecified atom stereocenters. The lowest BCUT2D eigenvalue weighted by atomic mass is 10.1. The smallest absolute Gasteiger partial charge is 0.337 e. The molecule has 1 rings (SSSR count). The monoisotopic (exact) mass is 179 g/mol. The summed E-state index contributed by atoms with van der Waals surface area (Å²) in [5, 5.41) is 0. The third-order valence-electron chi connectivity index (χ3n) is 1.79. The van der Waals surface area contributed by atoms with Gasteiger partial charge in [-0.2, -0.15) is 0 Å². The van der Waals surface area contributed by atoms with E-state index in [1.54, 1.807) is 12.1 Å². The summed E-state index contributed by atoms with van der Waals surface area (Å²) in [6.45, 7) is 2.36. The standard InChI is InChI=1S/C10H13NO2/c1-7-3-8(6-11)5-9(4-7)10(12)13-2/h3-5H,6,11H2,1-2H3. The Morgan fingerprint density at radius 2 is 2.15 bits per heavy atom. The Hall–Kier alpha value is -1.35. The highest BCUT2D eigenvalue weighted by Crippen LogP contribution is 2.10. The van der Waals surface area contributed by atoms with Gasteiger partial charge in [0.2, 0.25) is 0 Å². The van der Waals surface area contributed by atoms with Crippen LogP contribution < -0.4 is 5.73 Å². The number of carbonyl (C=O) groups excluding carboxylic acids is 1. The van der Waals surface area contributed by atoms with Crippen molar-refractivity contribution in [1.82, 2.24) is 0 Å². The summed E-state index contributed by atoms with van der Waals surface area (Å²) >= 11 is 0. The number of esters is 1.